The molecule has 2 aliphatic rings. The molecule has 0 radical (unpaired) electrons. The highest BCUT2D eigenvalue weighted by Crippen LogP contribution is 2.35. The largest absolute Gasteiger partial charge is 0.486 e. The predicted octanol–water partition coefficient (Wildman–Crippen LogP) is 0.389. The SMILES string of the molecule is NCC1C[C@H](c2ccc3c(c2)OCCO3)C(=O)N1. The molecule has 1 unspecified atom stereocenters. The van der Waals surface area contributed by atoms with Gasteiger partial charge in [-0.25, -0.2) is 0 Å². The van der Waals surface area contributed by atoms with Crippen molar-refractivity contribution in [2.75, 3.05) is 19.8 Å². The molecule has 2 atom stereocenters. The number of carbonyl (C=O) groups excluding carboxylic acids is 1. The molecule has 3 N–H and O–H groups in total. The summed E-state index contributed by atoms with van der Waals surface area (Å²) >= 11 is 0. The number of benzene rings is 1. The van der Waals surface area contributed by atoms with E-state index in [1.807, 2.05) is 18.2 Å². The Labute approximate surface area is 105 Å². The van der Waals surface area contributed by atoms with Crippen molar-refractivity contribution in [1.29, 1.82) is 0 Å². The summed E-state index contributed by atoms with van der Waals surface area (Å²) in [6.07, 6.45) is 0.745. The molecule has 5 nitrogen and oxygen atoms in total. The van der Waals surface area contributed by atoms with Crippen LogP contribution in [0.1, 0.15) is 17.9 Å². The lowest BCUT2D eigenvalue weighted by molar-refractivity contribution is -0.120. The van der Waals surface area contributed by atoms with E-state index < -0.39 is 0 Å². The molecule has 1 aromatic rings. The van der Waals surface area contributed by atoms with Crippen LogP contribution in [0, 0.1) is 0 Å². The minimum absolute atomic E-state index is 0.0436. The predicted molar refractivity (Wildman–Crippen MR) is 65.8 cm³/mol. The van der Waals surface area contributed by atoms with Gasteiger partial charge in [-0.15, -0.1) is 0 Å². The van der Waals surface area contributed by atoms with Gasteiger partial charge in [-0.3, -0.25) is 4.79 Å². The zero-order valence-electron chi connectivity index (χ0n) is 10.0. The van der Waals surface area contributed by atoms with Gasteiger partial charge in [0.25, 0.3) is 0 Å². The van der Waals surface area contributed by atoms with E-state index in [4.69, 9.17) is 15.2 Å². The molecule has 1 fully saturated rings. The van der Waals surface area contributed by atoms with E-state index in [1.165, 1.54) is 0 Å². The van der Waals surface area contributed by atoms with Gasteiger partial charge >= 0.3 is 0 Å². The smallest absolute Gasteiger partial charge is 0.227 e. The van der Waals surface area contributed by atoms with Crippen LogP contribution in [0.2, 0.25) is 0 Å². The monoisotopic (exact) mass is 248 g/mol. The first-order valence-electron chi connectivity index (χ1n) is 6.18. The Hall–Kier alpha value is -1.75. The fourth-order valence-electron chi connectivity index (χ4n) is 2.47. The fourth-order valence-corrected chi connectivity index (χ4v) is 2.47. The first kappa shape index (κ1) is 11.3. The molecule has 0 aliphatic carbocycles. The van der Waals surface area contributed by atoms with Gasteiger partial charge in [0.15, 0.2) is 11.5 Å². The van der Waals surface area contributed by atoms with Crippen molar-refractivity contribution in [1.82, 2.24) is 5.32 Å². The Morgan fingerprint density at radius 2 is 2.06 bits per heavy atom. The van der Waals surface area contributed by atoms with E-state index in [1.54, 1.807) is 0 Å². The van der Waals surface area contributed by atoms with E-state index in [0.29, 0.717) is 19.8 Å². The van der Waals surface area contributed by atoms with Gasteiger partial charge in [0.2, 0.25) is 5.91 Å². The highest BCUT2D eigenvalue weighted by Gasteiger charge is 2.32. The minimum atomic E-state index is -0.130. The molecule has 1 aromatic carbocycles. The maximum absolute atomic E-state index is 11.9. The zero-order valence-corrected chi connectivity index (χ0v) is 10.0. The molecule has 0 saturated carbocycles. The van der Waals surface area contributed by atoms with E-state index >= 15 is 0 Å². The van der Waals surface area contributed by atoms with Gasteiger partial charge in [0.1, 0.15) is 13.2 Å². The third kappa shape index (κ3) is 1.90. The van der Waals surface area contributed by atoms with Crippen molar-refractivity contribution < 1.29 is 14.3 Å². The molecule has 96 valence electrons. The van der Waals surface area contributed by atoms with Crippen LogP contribution in [-0.4, -0.2) is 31.7 Å². The summed E-state index contributed by atoms with van der Waals surface area (Å²) in [7, 11) is 0. The molecular weight excluding hydrogens is 232 g/mol. The highest BCUT2D eigenvalue weighted by molar-refractivity contribution is 5.86. The number of amides is 1. The third-order valence-corrected chi connectivity index (χ3v) is 3.44. The Kier molecular flexibility index (Phi) is 2.83. The van der Waals surface area contributed by atoms with Crippen LogP contribution in [0.3, 0.4) is 0 Å². The average molecular weight is 248 g/mol. The second-order valence-electron chi connectivity index (χ2n) is 4.63. The second kappa shape index (κ2) is 4.49. The zero-order chi connectivity index (χ0) is 12.5. The maximum atomic E-state index is 11.9. The van der Waals surface area contributed by atoms with Crippen molar-refractivity contribution in [2.24, 2.45) is 5.73 Å². The van der Waals surface area contributed by atoms with Gasteiger partial charge in [0, 0.05) is 12.6 Å². The van der Waals surface area contributed by atoms with Gasteiger partial charge in [-0.2, -0.15) is 0 Å². The number of fused-ring (bicyclic) bond motifs is 1. The van der Waals surface area contributed by atoms with Crippen LogP contribution in [-0.2, 0) is 4.79 Å². The normalized spacial score (nSPS) is 25.9. The Bertz CT molecular complexity index is 475. The molecule has 5 heteroatoms. The topological polar surface area (TPSA) is 73.6 Å². The lowest BCUT2D eigenvalue weighted by atomic mass is 9.95. The van der Waals surface area contributed by atoms with Crippen molar-refractivity contribution >= 4 is 5.91 Å². The first-order valence-corrected chi connectivity index (χ1v) is 6.18. The van der Waals surface area contributed by atoms with Crippen molar-refractivity contribution in [3.63, 3.8) is 0 Å². The number of carbonyl (C=O) groups is 1. The van der Waals surface area contributed by atoms with Crippen LogP contribution in [0.5, 0.6) is 11.5 Å². The highest BCUT2D eigenvalue weighted by atomic mass is 16.6. The Morgan fingerprint density at radius 1 is 1.28 bits per heavy atom. The lowest BCUT2D eigenvalue weighted by Crippen LogP contribution is -2.32. The number of nitrogens with two attached hydrogens (primary N) is 1. The summed E-state index contributed by atoms with van der Waals surface area (Å²) in [6.45, 7) is 1.61. The Balaban J connectivity index is 1.86. The molecule has 0 spiro atoms. The summed E-state index contributed by atoms with van der Waals surface area (Å²) < 4.78 is 11.0. The molecule has 2 heterocycles. The summed E-state index contributed by atoms with van der Waals surface area (Å²) in [6, 6.07) is 5.77. The molecular formula is C13H16N2O3. The van der Waals surface area contributed by atoms with Crippen LogP contribution < -0.4 is 20.5 Å². The van der Waals surface area contributed by atoms with Gasteiger partial charge < -0.3 is 20.5 Å². The number of nitrogens with one attached hydrogen (secondary N) is 1. The van der Waals surface area contributed by atoms with E-state index in [0.717, 1.165) is 23.5 Å². The van der Waals surface area contributed by atoms with Gasteiger partial charge in [-0.05, 0) is 24.1 Å². The third-order valence-electron chi connectivity index (χ3n) is 3.44. The quantitative estimate of drug-likeness (QED) is 0.794. The molecule has 2 aliphatic heterocycles. The number of rotatable bonds is 2. The van der Waals surface area contributed by atoms with Crippen molar-refractivity contribution in [3.05, 3.63) is 23.8 Å². The summed E-state index contributed by atoms with van der Waals surface area (Å²) in [5, 5.41) is 2.90. The summed E-state index contributed by atoms with van der Waals surface area (Å²) in [5.74, 6) is 1.39. The van der Waals surface area contributed by atoms with Crippen LogP contribution >= 0.6 is 0 Å². The van der Waals surface area contributed by atoms with Crippen molar-refractivity contribution in [2.45, 2.75) is 18.4 Å². The fraction of sp³-hybridized carbons (Fsp3) is 0.462. The van der Waals surface area contributed by atoms with Crippen LogP contribution in [0.25, 0.3) is 0 Å². The molecule has 1 saturated heterocycles. The average Bonchev–Trinajstić information content (AvgIpc) is 2.79. The Morgan fingerprint density at radius 3 is 2.78 bits per heavy atom. The van der Waals surface area contributed by atoms with E-state index in [9.17, 15) is 4.79 Å². The van der Waals surface area contributed by atoms with Crippen LogP contribution in [0.4, 0.5) is 0 Å². The van der Waals surface area contributed by atoms with E-state index in [-0.39, 0.29) is 17.9 Å². The lowest BCUT2D eigenvalue weighted by Gasteiger charge is -2.19. The molecule has 18 heavy (non-hydrogen) atoms. The maximum Gasteiger partial charge on any atom is 0.227 e. The van der Waals surface area contributed by atoms with Crippen molar-refractivity contribution in [3.8, 4) is 11.5 Å². The number of hydrogen-bond acceptors (Lipinski definition) is 4. The minimum Gasteiger partial charge on any atom is -0.486 e. The molecule has 1 amide bonds. The number of hydrogen-bond donors (Lipinski definition) is 2. The van der Waals surface area contributed by atoms with Gasteiger partial charge in [0.05, 0.1) is 5.92 Å². The van der Waals surface area contributed by atoms with Crippen LogP contribution in [0.15, 0.2) is 18.2 Å². The second-order valence-corrected chi connectivity index (χ2v) is 4.63. The standard InChI is InChI=1S/C13H16N2O3/c14-7-9-6-10(13(16)15-9)8-1-2-11-12(5-8)18-4-3-17-11/h1-2,5,9-10H,3-4,6-7,14H2,(H,15,16)/t9?,10-/m1/s1. The van der Waals surface area contributed by atoms with Gasteiger partial charge in [-0.1, -0.05) is 6.07 Å². The molecule has 0 bridgehead atoms. The first-order chi connectivity index (χ1) is 8.78. The molecule has 3 rings (SSSR count). The molecule has 0 aromatic heterocycles. The summed E-state index contributed by atoms with van der Waals surface area (Å²) in [4.78, 5) is 11.9. The summed E-state index contributed by atoms with van der Waals surface area (Å²) in [5.41, 5.74) is 6.55. The number of ether oxygens (including phenoxy) is 2. The van der Waals surface area contributed by atoms with E-state index in [2.05, 4.69) is 5.32 Å².